The van der Waals surface area contributed by atoms with Gasteiger partial charge >= 0.3 is 0 Å². The van der Waals surface area contributed by atoms with E-state index in [4.69, 9.17) is 11.5 Å². The zero-order valence-corrected chi connectivity index (χ0v) is 11.9. The minimum absolute atomic E-state index is 0.221. The first-order valence-corrected chi connectivity index (χ1v) is 7.17. The summed E-state index contributed by atoms with van der Waals surface area (Å²) in [6.45, 7) is 12.6. The van der Waals surface area contributed by atoms with Crippen LogP contribution in [0.3, 0.4) is 0 Å². The third kappa shape index (κ3) is 3.14. The zero-order valence-electron chi connectivity index (χ0n) is 11.9. The van der Waals surface area contributed by atoms with E-state index in [0.717, 1.165) is 13.0 Å². The summed E-state index contributed by atoms with van der Waals surface area (Å²) in [5.74, 6) is 0.932. The van der Waals surface area contributed by atoms with Gasteiger partial charge in [-0.3, -0.25) is 4.99 Å². The van der Waals surface area contributed by atoms with Gasteiger partial charge in [-0.05, 0) is 6.42 Å². The maximum atomic E-state index is 5.36. The summed E-state index contributed by atoms with van der Waals surface area (Å²) in [6, 6.07) is 0. The first-order valence-electron chi connectivity index (χ1n) is 7.17. The Hall–Kier alpha value is -0.810. The average Bonchev–Trinajstić information content (AvgIpc) is 2.31. The molecule has 3 rings (SSSR count). The van der Waals surface area contributed by atoms with Crippen molar-refractivity contribution in [2.24, 2.45) is 22.4 Å². The number of likely N-dealkylation sites (N-methyl/N-ethyl adjacent to an activating group) is 1. The fourth-order valence-electron chi connectivity index (χ4n) is 3.47. The molecule has 3 heterocycles. The summed E-state index contributed by atoms with van der Waals surface area (Å²) >= 11 is 0. The van der Waals surface area contributed by atoms with Crippen LogP contribution in [-0.2, 0) is 0 Å². The Bertz CT molecular complexity index is 297. The number of fused-ring (bicyclic) bond motifs is 3. The molecule has 104 valence electrons. The lowest BCUT2D eigenvalue weighted by Gasteiger charge is -2.54. The summed E-state index contributed by atoms with van der Waals surface area (Å²) in [5, 5.41) is 0. The van der Waals surface area contributed by atoms with Gasteiger partial charge in [0.05, 0.1) is 13.6 Å². The number of guanidine groups is 1. The molecule has 0 unspecified atom stereocenters. The van der Waals surface area contributed by atoms with Crippen molar-refractivity contribution in [2.45, 2.75) is 13.3 Å². The predicted octanol–water partition coefficient (Wildman–Crippen LogP) is -0.423. The maximum absolute atomic E-state index is 5.36. The molecule has 3 aliphatic heterocycles. The van der Waals surface area contributed by atoms with Gasteiger partial charge in [0.15, 0.2) is 5.96 Å². The minimum Gasteiger partial charge on any atom is -0.370 e. The van der Waals surface area contributed by atoms with Gasteiger partial charge in [-0.25, -0.2) is 0 Å². The van der Waals surface area contributed by atoms with Gasteiger partial charge in [0.25, 0.3) is 0 Å². The van der Waals surface area contributed by atoms with Crippen LogP contribution in [0.2, 0.25) is 0 Å². The van der Waals surface area contributed by atoms with Crippen LogP contribution < -0.4 is 11.5 Å². The van der Waals surface area contributed by atoms with Crippen LogP contribution >= 0.6 is 0 Å². The van der Waals surface area contributed by atoms with E-state index in [9.17, 15) is 0 Å². The van der Waals surface area contributed by atoms with Crippen molar-refractivity contribution in [3.05, 3.63) is 0 Å². The lowest BCUT2D eigenvalue weighted by molar-refractivity contribution is -1.07. The summed E-state index contributed by atoms with van der Waals surface area (Å²) in [4.78, 5) is 4.09. The minimum atomic E-state index is 0.221. The molecule has 0 aromatic heterocycles. The lowest BCUT2D eigenvalue weighted by Crippen LogP contribution is -2.74. The molecule has 4 N–H and O–H groups in total. The van der Waals surface area contributed by atoms with Gasteiger partial charge in [-0.2, -0.15) is 0 Å². The van der Waals surface area contributed by atoms with E-state index < -0.39 is 0 Å². The molecule has 3 saturated heterocycles. The number of piperazine rings is 3. The smallest absolute Gasteiger partial charge is 0.185 e. The molecule has 0 saturated carbocycles. The first-order chi connectivity index (χ1) is 8.43. The second-order valence-corrected chi connectivity index (χ2v) is 6.69. The maximum Gasteiger partial charge on any atom is 0.185 e. The molecule has 0 aromatic rings. The fourth-order valence-corrected chi connectivity index (χ4v) is 3.47. The van der Waals surface area contributed by atoms with Crippen LogP contribution in [0.15, 0.2) is 4.99 Å². The third-order valence-electron chi connectivity index (χ3n) is 4.96. The summed E-state index contributed by atoms with van der Waals surface area (Å²) < 4.78 is 2.65. The number of quaternary nitrogens is 2. The SMILES string of the molecule is C[C@H](CCN=C(N)N)C[N+]12CC[N+](C)(CC1)CC2. The lowest BCUT2D eigenvalue weighted by atomic mass is 10.0. The van der Waals surface area contributed by atoms with Gasteiger partial charge < -0.3 is 20.4 Å². The molecule has 0 spiro atoms. The number of aliphatic imine (C=N–C) groups is 1. The number of rotatable bonds is 5. The molecule has 0 aromatic carbocycles. The van der Waals surface area contributed by atoms with E-state index in [-0.39, 0.29) is 5.96 Å². The largest absolute Gasteiger partial charge is 0.370 e. The molecule has 0 radical (unpaired) electrons. The van der Waals surface area contributed by atoms with E-state index in [2.05, 4.69) is 19.0 Å². The van der Waals surface area contributed by atoms with E-state index in [0.29, 0.717) is 5.92 Å². The Balaban J connectivity index is 1.80. The Labute approximate surface area is 111 Å². The Kier molecular flexibility index (Phi) is 3.82. The molecule has 5 nitrogen and oxygen atoms in total. The number of hydrogen-bond donors (Lipinski definition) is 2. The second kappa shape index (κ2) is 5.05. The van der Waals surface area contributed by atoms with Crippen molar-refractivity contribution in [3.63, 3.8) is 0 Å². The highest BCUT2D eigenvalue weighted by Crippen LogP contribution is 2.26. The zero-order chi connectivity index (χ0) is 13.2. The Morgan fingerprint density at radius 2 is 1.67 bits per heavy atom. The molecule has 1 atom stereocenters. The van der Waals surface area contributed by atoms with E-state index in [1.807, 2.05) is 0 Å². The van der Waals surface area contributed by atoms with Gasteiger partial charge in [0.1, 0.15) is 39.3 Å². The quantitative estimate of drug-likeness (QED) is 0.398. The Morgan fingerprint density at radius 1 is 1.11 bits per heavy atom. The molecule has 2 bridgehead atoms. The van der Waals surface area contributed by atoms with E-state index >= 15 is 0 Å². The molecule has 3 fully saturated rings. The van der Waals surface area contributed by atoms with Gasteiger partial charge in [-0.15, -0.1) is 0 Å². The topological polar surface area (TPSA) is 64.4 Å². The highest BCUT2D eigenvalue weighted by Gasteiger charge is 2.46. The predicted molar refractivity (Wildman–Crippen MR) is 75.0 cm³/mol. The molecule has 18 heavy (non-hydrogen) atoms. The van der Waals surface area contributed by atoms with Crippen molar-refractivity contribution in [3.8, 4) is 0 Å². The average molecular weight is 255 g/mol. The van der Waals surface area contributed by atoms with Gasteiger partial charge in [0.2, 0.25) is 0 Å². The van der Waals surface area contributed by atoms with Crippen molar-refractivity contribution in [1.82, 2.24) is 0 Å². The van der Waals surface area contributed by atoms with Gasteiger partial charge in [0, 0.05) is 12.5 Å². The van der Waals surface area contributed by atoms with Gasteiger partial charge in [-0.1, -0.05) is 6.92 Å². The van der Waals surface area contributed by atoms with Crippen molar-refractivity contribution in [2.75, 3.05) is 59.4 Å². The molecule has 0 aliphatic carbocycles. The number of hydrogen-bond acceptors (Lipinski definition) is 1. The van der Waals surface area contributed by atoms with E-state index in [1.54, 1.807) is 0 Å². The molecular formula is C13H29N5+2. The van der Waals surface area contributed by atoms with Crippen molar-refractivity contribution in [1.29, 1.82) is 0 Å². The molecule has 0 amide bonds. The van der Waals surface area contributed by atoms with Crippen molar-refractivity contribution >= 4 is 5.96 Å². The molecule has 3 aliphatic rings. The molecular weight excluding hydrogens is 226 g/mol. The molecule has 5 heteroatoms. The number of nitrogens with zero attached hydrogens (tertiary/aromatic N) is 3. The highest BCUT2D eigenvalue weighted by atomic mass is 15.5. The summed E-state index contributed by atoms with van der Waals surface area (Å²) in [6.07, 6.45) is 1.10. The summed E-state index contributed by atoms with van der Waals surface area (Å²) in [7, 11) is 2.41. The van der Waals surface area contributed by atoms with Crippen LogP contribution in [0.1, 0.15) is 13.3 Å². The van der Waals surface area contributed by atoms with Crippen LogP contribution in [0, 0.1) is 5.92 Å². The summed E-state index contributed by atoms with van der Waals surface area (Å²) in [5.41, 5.74) is 10.7. The van der Waals surface area contributed by atoms with Crippen LogP contribution in [0.5, 0.6) is 0 Å². The fraction of sp³-hybridized carbons (Fsp3) is 0.923. The normalized spacial score (nSPS) is 36.3. The van der Waals surface area contributed by atoms with Crippen LogP contribution in [-0.4, -0.2) is 74.3 Å². The number of nitrogens with two attached hydrogens (primary N) is 2. The second-order valence-electron chi connectivity index (χ2n) is 6.69. The Morgan fingerprint density at radius 3 is 2.17 bits per heavy atom. The van der Waals surface area contributed by atoms with Crippen LogP contribution in [0.4, 0.5) is 0 Å². The standard InChI is InChI=1S/C13H29N5/c1-12(3-4-16-13(14)15)11-18-8-5-17(2,6-9-18)7-10-18/h12H,3-11H2,1-2H3,(H4,14,15,16)/q+2/t12-,17?,18?/m1/s1. The highest BCUT2D eigenvalue weighted by molar-refractivity contribution is 5.75. The van der Waals surface area contributed by atoms with E-state index in [1.165, 1.54) is 54.8 Å². The van der Waals surface area contributed by atoms with Crippen molar-refractivity contribution < 1.29 is 8.97 Å². The first kappa shape index (κ1) is 13.6. The third-order valence-corrected chi connectivity index (χ3v) is 4.96. The monoisotopic (exact) mass is 255 g/mol. The van der Waals surface area contributed by atoms with Crippen LogP contribution in [0.25, 0.3) is 0 Å².